The zero-order valence-corrected chi connectivity index (χ0v) is 78.3. The lowest BCUT2D eigenvalue weighted by Crippen LogP contribution is -2.19. The Hall–Kier alpha value is -6.89. The van der Waals surface area contributed by atoms with E-state index in [1.807, 2.05) is 70.2 Å². The Morgan fingerprint density at radius 3 is 1.35 bits per heavy atom. The van der Waals surface area contributed by atoms with Crippen LogP contribution in [-0.2, 0) is 89.1 Å². The number of phenolic OH excluding ortho intramolecular Hbond substituents is 8. The van der Waals surface area contributed by atoms with Crippen LogP contribution in [0.3, 0.4) is 0 Å². The number of phenols is 8. The highest BCUT2D eigenvalue weighted by Gasteiger charge is 2.57. The molecule has 9 nitrogen and oxygen atoms in total. The maximum atomic E-state index is 10.5. The van der Waals surface area contributed by atoms with E-state index < -0.39 is 0 Å². The van der Waals surface area contributed by atoms with E-state index in [2.05, 4.69) is 144 Å². The van der Waals surface area contributed by atoms with Crippen LogP contribution in [0.2, 0.25) is 0 Å². The molecular formula is C102H133O9S7+7. The van der Waals surface area contributed by atoms with Crippen LogP contribution in [0.25, 0.3) is 43.1 Å². The summed E-state index contributed by atoms with van der Waals surface area (Å²) in [6.07, 6.45) is 34.8. The first-order valence-electron chi connectivity index (χ1n) is 42.9. The fourth-order valence-electron chi connectivity index (χ4n) is 17.8. The maximum absolute atomic E-state index is 10.5. The molecule has 0 amide bonds. The molecule has 4 aliphatic heterocycles. The molecule has 16 heteroatoms. The van der Waals surface area contributed by atoms with E-state index in [1.165, 1.54) is 176 Å². The summed E-state index contributed by atoms with van der Waals surface area (Å²) in [5.41, 5.74) is 6.51. The van der Waals surface area contributed by atoms with E-state index in [9.17, 15) is 40.9 Å². The zero-order valence-electron chi connectivity index (χ0n) is 72.6. The molecule has 11 aromatic rings. The van der Waals surface area contributed by atoms with E-state index in [4.69, 9.17) is 4.74 Å². The van der Waals surface area contributed by atoms with Crippen LogP contribution in [0.1, 0.15) is 157 Å². The van der Waals surface area contributed by atoms with Gasteiger partial charge in [-0.2, -0.15) is 0 Å². The Kier molecular flexibility index (Phi) is 34.0. The van der Waals surface area contributed by atoms with Crippen LogP contribution in [0.4, 0.5) is 0 Å². The van der Waals surface area contributed by atoms with E-state index in [1.54, 1.807) is 59.8 Å². The van der Waals surface area contributed by atoms with Gasteiger partial charge in [0.2, 0.25) is 0 Å². The second kappa shape index (κ2) is 43.7. The SMILES string of the molecule is CCCCOc1ccc([S+]2CC3C4CCC(C4)C3C2)c2ccccc12.CCCCc1cc([S+]2CCCC2)cc(CCCC)c1O.C[S+](C)c1ccc(O)c2ccc(O)cc12.C[S+](C)c1ccc(O)c2cccc(O)c12.C[S+](C)c1ccc(O)c2ccccc12.Cc1cc([S+]2CCCC2)cc(C)c1O.Cc1cc([S+]2CCCC2C)cc(C)c1O. The molecule has 630 valence electrons. The number of hydrogen-bond donors (Lipinski definition) is 8. The van der Waals surface area contributed by atoms with Crippen molar-refractivity contribution in [1.82, 2.24) is 0 Å². The first-order chi connectivity index (χ1) is 56.8. The highest BCUT2D eigenvalue weighted by Crippen LogP contribution is 2.57. The van der Waals surface area contributed by atoms with Crippen LogP contribution in [0, 0.1) is 51.4 Å². The summed E-state index contributed by atoms with van der Waals surface area (Å²) in [6.45, 7) is 17.8. The molecule has 6 aliphatic rings. The molecule has 0 spiro atoms. The normalized spacial score (nSPS) is 19.2. The third kappa shape index (κ3) is 22.9. The Morgan fingerprint density at radius 1 is 0.381 bits per heavy atom. The largest absolute Gasteiger partial charge is 0.508 e. The molecule has 6 fully saturated rings. The van der Waals surface area contributed by atoms with Crippen molar-refractivity contribution in [2.75, 3.05) is 84.4 Å². The number of unbranched alkanes of at least 4 members (excludes halogenated alkanes) is 3. The Morgan fingerprint density at radius 2 is 0.839 bits per heavy atom. The van der Waals surface area contributed by atoms with Crippen LogP contribution in [0.5, 0.6) is 51.7 Å². The molecule has 118 heavy (non-hydrogen) atoms. The molecule has 2 saturated carbocycles. The van der Waals surface area contributed by atoms with Gasteiger partial charge < -0.3 is 45.6 Å². The third-order valence-corrected chi connectivity index (χ3v) is 38.3. The van der Waals surface area contributed by atoms with Crippen molar-refractivity contribution in [1.29, 1.82) is 0 Å². The topological polar surface area (TPSA) is 171 Å². The van der Waals surface area contributed by atoms with Gasteiger partial charge in [-0.3, -0.25) is 0 Å². The number of aryl methyl sites for hydroxylation is 6. The quantitative estimate of drug-likeness (QED) is 0.0326. The predicted molar refractivity (Wildman–Crippen MR) is 519 cm³/mol. The number of hydrogen-bond acceptors (Lipinski definition) is 9. The van der Waals surface area contributed by atoms with Gasteiger partial charge in [0, 0.05) is 138 Å². The highest BCUT2D eigenvalue weighted by atomic mass is 32.2. The molecular weight excluding hydrogens is 1590 g/mol. The fraction of sp³-hybridized carbons (Fsp3) is 0.431. The molecule has 11 aromatic carbocycles. The van der Waals surface area contributed by atoms with Crippen LogP contribution >= 0.6 is 0 Å². The van der Waals surface area contributed by atoms with Gasteiger partial charge in [-0.1, -0.05) is 88.6 Å². The van der Waals surface area contributed by atoms with Gasteiger partial charge in [0.15, 0.2) is 34.3 Å². The summed E-state index contributed by atoms with van der Waals surface area (Å²) < 4.78 is 6.10. The van der Waals surface area contributed by atoms with Crippen molar-refractivity contribution < 1.29 is 45.6 Å². The van der Waals surface area contributed by atoms with Gasteiger partial charge in [0.25, 0.3) is 0 Å². The third-order valence-electron chi connectivity index (χ3n) is 24.3. The summed E-state index contributed by atoms with van der Waals surface area (Å²) >= 11 is 0. The molecule has 4 heterocycles. The minimum atomic E-state index is 0.0568. The van der Waals surface area contributed by atoms with Crippen molar-refractivity contribution >= 4 is 119 Å². The van der Waals surface area contributed by atoms with E-state index in [0.717, 1.165) is 109 Å². The van der Waals surface area contributed by atoms with Gasteiger partial charge in [-0.05, 0) is 279 Å². The Labute approximate surface area is 726 Å². The molecule has 0 radical (unpaired) electrons. The molecule has 6 unspecified atom stereocenters. The van der Waals surface area contributed by atoms with Crippen molar-refractivity contribution in [2.45, 2.75) is 204 Å². The molecule has 17 rings (SSSR count). The molecule has 2 aliphatic carbocycles. The molecule has 0 aromatic heterocycles. The second-order valence-electron chi connectivity index (χ2n) is 33.4. The molecule has 4 saturated heterocycles. The van der Waals surface area contributed by atoms with Gasteiger partial charge in [-0.15, -0.1) is 0 Å². The summed E-state index contributed by atoms with van der Waals surface area (Å²) in [4.78, 5) is 9.62. The van der Waals surface area contributed by atoms with E-state index >= 15 is 0 Å². The van der Waals surface area contributed by atoms with Crippen molar-refractivity contribution in [2.24, 2.45) is 23.7 Å². The lowest BCUT2D eigenvalue weighted by atomic mass is 9.82. The van der Waals surface area contributed by atoms with Gasteiger partial charge >= 0.3 is 0 Å². The van der Waals surface area contributed by atoms with Crippen molar-refractivity contribution in [3.63, 3.8) is 0 Å². The van der Waals surface area contributed by atoms with Crippen LogP contribution in [0.15, 0.2) is 204 Å². The lowest BCUT2D eigenvalue weighted by Gasteiger charge is -2.19. The number of aromatic hydroxyl groups is 8. The monoisotopic (exact) mass is 1730 g/mol. The van der Waals surface area contributed by atoms with Crippen LogP contribution < -0.4 is 4.74 Å². The maximum Gasteiger partial charge on any atom is 0.166 e. The summed E-state index contributed by atoms with van der Waals surface area (Å²) in [7, 11) is 2.20. The lowest BCUT2D eigenvalue weighted by molar-refractivity contribution is 0.281. The molecule has 2 bridgehead atoms. The van der Waals surface area contributed by atoms with Crippen molar-refractivity contribution in [3.05, 3.63) is 203 Å². The highest BCUT2D eigenvalue weighted by molar-refractivity contribution is 7.98. The van der Waals surface area contributed by atoms with Gasteiger partial charge in [0.05, 0.1) is 12.0 Å². The summed E-state index contributed by atoms with van der Waals surface area (Å²) in [5.74, 6) is 17.9. The number of fused-ring (bicyclic) bond motifs is 9. The Bertz CT molecular complexity index is 5050. The van der Waals surface area contributed by atoms with Crippen LogP contribution in [-0.4, -0.2) is 131 Å². The first-order valence-corrected chi connectivity index (χ1v) is 55.2. The van der Waals surface area contributed by atoms with E-state index in [-0.39, 0.29) is 55.7 Å². The smallest absolute Gasteiger partial charge is 0.166 e. The van der Waals surface area contributed by atoms with Crippen molar-refractivity contribution in [3.8, 4) is 51.7 Å². The fourth-order valence-corrected chi connectivity index (χ4v) is 31.4. The minimum Gasteiger partial charge on any atom is -0.508 e. The second-order valence-corrected chi connectivity index (χ2v) is 48.8. The molecule has 6 atom stereocenters. The summed E-state index contributed by atoms with van der Waals surface area (Å²) in [5, 5.41) is 87.2. The summed E-state index contributed by atoms with van der Waals surface area (Å²) in [6, 6.07) is 56.1. The average Bonchev–Trinajstić information content (AvgIpc) is 1.59. The van der Waals surface area contributed by atoms with E-state index in [0.29, 0.717) is 72.0 Å². The minimum absolute atomic E-state index is 0.0568. The predicted octanol–water partition coefficient (Wildman–Crippen LogP) is 24.2. The molecule has 8 N–H and O–H groups in total. The average molecular weight is 1730 g/mol. The number of rotatable bonds is 17. The number of ether oxygens (including phenoxy) is 1. The number of benzene rings is 11. The van der Waals surface area contributed by atoms with Gasteiger partial charge in [-0.25, -0.2) is 0 Å². The standard InChI is InChI=1S/C23H29OS.C18H28OS.C13H18OS.2C12H12O2S.C12H16OS.C12H12OS/c1-2-3-12-24-22-10-11-23(19-7-5-4-6-18(19)22)25-14-20-16-8-9-17(13-16)21(20)15-25;1-3-5-9-15-13-17(20-11-7-8-12-20)14-16(18(15)19)10-6-4-2;1-9-7-12(8-10(2)13(9)14)15-6-4-5-11(15)3;1-15(2)12-6-5-11(14)9-4-3-8(13)7-10(9)12;1-15(2)11-7-6-9(13)8-4-3-5-10(14)12(8)11;1-9-7-11(8-10(2)12(9)13)14-5-3-4-6-14;1-14(2)12-8-7-11(13)9-5-3-4-6-10(9)12/h4-7,10-11,16-17,20-21H,2-3,8-9,12-15H2,1H3;13-14H,3-12H2,1-2H3;7-8,11H,4-6H2,1-3H3;2*3-7H,1-2H3,(H-,13,14);7-8H,3-6H2,1-2H3;3-8H,1-2H3/q+1;;;;;;/p+6. The Balaban J connectivity index is 0.000000137. The first kappa shape index (κ1) is 91.8. The zero-order chi connectivity index (χ0) is 84.4. The van der Waals surface area contributed by atoms with Gasteiger partial charge in [0.1, 0.15) is 135 Å².